The molecule has 1 heterocycles. The maximum Gasteiger partial charge on any atom is 0.166 e. The van der Waals surface area contributed by atoms with Gasteiger partial charge in [0.25, 0.3) is 0 Å². The Morgan fingerprint density at radius 2 is 2.25 bits per heavy atom. The van der Waals surface area contributed by atoms with E-state index in [-0.39, 0.29) is 11.7 Å². The molecule has 2 nitrogen and oxygen atoms in total. The maximum absolute atomic E-state index is 11.8. The standard InChI is InChI=1S/C13H14O2S/c1-3-15-11-6-12(9(2)13(14)7-11)10-4-5-16-8-10/h4-9H,3H2,1-2H3. The second kappa shape index (κ2) is 4.66. The lowest BCUT2D eigenvalue weighted by molar-refractivity contribution is -0.116. The molecule has 84 valence electrons. The number of hydrogen-bond donors (Lipinski definition) is 0. The zero-order valence-electron chi connectivity index (χ0n) is 9.40. The van der Waals surface area contributed by atoms with Gasteiger partial charge in [-0.2, -0.15) is 11.3 Å². The number of hydrogen-bond acceptors (Lipinski definition) is 3. The fourth-order valence-electron chi connectivity index (χ4n) is 1.75. The Morgan fingerprint density at radius 3 is 2.88 bits per heavy atom. The first-order valence-electron chi connectivity index (χ1n) is 5.35. The van der Waals surface area contributed by atoms with Crippen molar-refractivity contribution in [2.75, 3.05) is 6.61 Å². The summed E-state index contributed by atoms with van der Waals surface area (Å²) in [6.45, 7) is 4.44. The zero-order chi connectivity index (χ0) is 11.5. The van der Waals surface area contributed by atoms with E-state index in [4.69, 9.17) is 4.74 Å². The molecule has 0 amide bonds. The first-order valence-corrected chi connectivity index (χ1v) is 6.29. The topological polar surface area (TPSA) is 26.3 Å². The highest BCUT2D eigenvalue weighted by molar-refractivity contribution is 7.08. The number of ketones is 1. The third-order valence-corrected chi connectivity index (χ3v) is 3.32. The summed E-state index contributed by atoms with van der Waals surface area (Å²) in [6, 6.07) is 2.04. The molecular formula is C13H14O2S. The van der Waals surface area contributed by atoms with Crippen LogP contribution in [0.25, 0.3) is 5.57 Å². The summed E-state index contributed by atoms with van der Waals surface area (Å²) in [6.07, 6.45) is 3.56. The first kappa shape index (κ1) is 11.1. The Morgan fingerprint density at radius 1 is 1.44 bits per heavy atom. The van der Waals surface area contributed by atoms with Crippen molar-refractivity contribution in [2.45, 2.75) is 13.8 Å². The molecule has 0 aromatic carbocycles. The van der Waals surface area contributed by atoms with Gasteiger partial charge in [-0.15, -0.1) is 0 Å². The molecule has 1 atom stereocenters. The van der Waals surface area contributed by atoms with Crippen LogP contribution in [0.15, 0.2) is 34.7 Å². The number of ether oxygens (including phenoxy) is 1. The highest BCUT2D eigenvalue weighted by atomic mass is 32.1. The van der Waals surface area contributed by atoms with Gasteiger partial charge in [0.15, 0.2) is 5.78 Å². The van der Waals surface area contributed by atoms with Gasteiger partial charge >= 0.3 is 0 Å². The van der Waals surface area contributed by atoms with Crippen molar-refractivity contribution >= 4 is 22.7 Å². The van der Waals surface area contributed by atoms with E-state index in [1.807, 2.05) is 31.4 Å². The van der Waals surface area contributed by atoms with Crippen molar-refractivity contribution in [3.05, 3.63) is 40.3 Å². The lowest BCUT2D eigenvalue weighted by Crippen LogP contribution is -2.15. The molecule has 0 saturated heterocycles. The Hall–Kier alpha value is -1.35. The minimum atomic E-state index is -0.0705. The van der Waals surface area contributed by atoms with Crippen LogP contribution in [0.1, 0.15) is 19.4 Å². The molecule has 0 saturated carbocycles. The quantitative estimate of drug-likeness (QED) is 0.802. The molecule has 1 aliphatic rings. The van der Waals surface area contributed by atoms with Crippen molar-refractivity contribution in [1.29, 1.82) is 0 Å². The molecule has 16 heavy (non-hydrogen) atoms. The Bertz CT molecular complexity index is 441. The summed E-state index contributed by atoms with van der Waals surface area (Å²) in [7, 11) is 0. The molecular weight excluding hydrogens is 220 g/mol. The SMILES string of the molecule is CCOC1=CC(=O)C(C)C(c2ccsc2)=C1. The first-order chi connectivity index (χ1) is 7.72. The fourth-order valence-corrected chi connectivity index (χ4v) is 2.42. The lowest BCUT2D eigenvalue weighted by atomic mass is 9.88. The van der Waals surface area contributed by atoms with Crippen molar-refractivity contribution in [3.63, 3.8) is 0 Å². The Kier molecular flexibility index (Phi) is 3.25. The van der Waals surface area contributed by atoms with E-state index in [1.165, 1.54) is 0 Å². The molecule has 3 heteroatoms. The van der Waals surface area contributed by atoms with Gasteiger partial charge in [-0.05, 0) is 41.0 Å². The monoisotopic (exact) mass is 234 g/mol. The molecule has 1 aromatic heterocycles. The highest BCUT2D eigenvalue weighted by Crippen LogP contribution is 2.31. The molecule has 1 aromatic rings. The van der Waals surface area contributed by atoms with Gasteiger partial charge in [-0.3, -0.25) is 4.79 Å². The van der Waals surface area contributed by atoms with E-state index in [2.05, 4.69) is 5.38 Å². The van der Waals surface area contributed by atoms with Crippen LogP contribution in [0, 0.1) is 5.92 Å². The fraction of sp³-hybridized carbons (Fsp3) is 0.308. The van der Waals surface area contributed by atoms with Gasteiger partial charge in [0.1, 0.15) is 5.76 Å². The second-order valence-electron chi connectivity index (χ2n) is 3.72. The number of thiophene rings is 1. The van der Waals surface area contributed by atoms with E-state index in [1.54, 1.807) is 17.4 Å². The van der Waals surface area contributed by atoms with Gasteiger partial charge in [-0.25, -0.2) is 0 Å². The third kappa shape index (κ3) is 2.09. The van der Waals surface area contributed by atoms with Gasteiger partial charge < -0.3 is 4.74 Å². The number of allylic oxidation sites excluding steroid dienone is 3. The van der Waals surface area contributed by atoms with Gasteiger partial charge in [0.2, 0.25) is 0 Å². The lowest BCUT2D eigenvalue weighted by Gasteiger charge is -2.18. The van der Waals surface area contributed by atoms with Crippen LogP contribution in [0.5, 0.6) is 0 Å². The van der Waals surface area contributed by atoms with E-state index in [0.717, 1.165) is 11.1 Å². The molecule has 0 fully saturated rings. The van der Waals surface area contributed by atoms with Crippen molar-refractivity contribution in [2.24, 2.45) is 5.92 Å². The van der Waals surface area contributed by atoms with Crippen LogP contribution >= 0.6 is 11.3 Å². The molecule has 0 bridgehead atoms. The summed E-state index contributed by atoms with van der Waals surface area (Å²) >= 11 is 1.64. The smallest absolute Gasteiger partial charge is 0.166 e. The molecule has 0 radical (unpaired) electrons. The van der Waals surface area contributed by atoms with E-state index in [9.17, 15) is 4.79 Å². The van der Waals surface area contributed by atoms with Crippen molar-refractivity contribution in [1.82, 2.24) is 0 Å². The number of carbonyl (C=O) groups is 1. The second-order valence-corrected chi connectivity index (χ2v) is 4.50. The van der Waals surface area contributed by atoms with E-state index >= 15 is 0 Å². The molecule has 2 rings (SSSR count). The van der Waals surface area contributed by atoms with Crippen molar-refractivity contribution < 1.29 is 9.53 Å². The minimum absolute atomic E-state index is 0.0705. The summed E-state index contributed by atoms with van der Waals surface area (Å²) in [5.41, 5.74) is 2.17. The average molecular weight is 234 g/mol. The van der Waals surface area contributed by atoms with E-state index in [0.29, 0.717) is 12.4 Å². The summed E-state index contributed by atoms with van der Waals surface area (Å²) in [5, 5.41) is 4.08. The molecule has 0 N–H and O–H groups in total. The van der Waals surface area contributed by atoms with Crippen LogP contribution in [0.2, 0.25) is 0 Å². The summed E-state index contributed by atoms with van der Waals surface area (Å²) in [4.78, 5) is 11.8. The van der Waals surface area contributed by atoms with Gasteiger partial charge in [-0.1, -0.05) is 6.92 Å². The van der Waals surface area contributed by atoms with Crippen LogP contribution in [0.4, 0.5) is 0 Å². The number of carbonyl (C=O) groups excluding carboxylic acids is 1. The number of rotatable bonds is 3. The summed E-state index contributed by atoms with van der Waals surface area (Å²) < 4.78 is 5.40. The Balaban J connectivity index is 2.35. The van der Waals surface area contributed by atoms with E-state index < -0.39 is 0 Å². The van der Waals surface area contributed by atoms with Gasteiger partial charge in [0.05, 0.1) is 6.61 Å². The minimum Gasteiger partial charge on any atom is -0.494 e. The zero-order valence-corrected chi connectivity index (χ0v) is 10.2. The Labute approximate surface area is 99.2 Å². The molecule has 0 aliphatic heterocycles. The van der Waals surface area contributed by atoms with Crippen LogP contribution in [0.3, 0.4) is 0 Å². The molecule has 1 aliphatic carbocycles. The summed E-state index contributed by atoms with van der Waals surface area (Å²) in [5.74, 6) is 0.720. The van der Waals surface area contributed by atoms with Crippen LogP contribution in [-0.2, 0) is 9.53 Å². The predicted molar refractivity (Wildman–Crippen MR) is 66.2 cm³/mol. The van der Waals surface area contributed by atoms with Gasteiger partial charge in [0, 0.05) is 12.0 Å². The third-order valence-electron chi connectivity index (χ3n) is 2.64. The largest absolute Gasteiger partial charge is 0.494 e. The van der Waals surface area contributed by atoms with Crippen molar-refractivity contribution in [3.8, 4) is 0 Å². The molecule has 1 unspecified atom stereocenters. The predicted octanol–water partition coefficient (Wildman–Crippen LogP) is 3.27. The average Bonchev–Trinajstić information content (AvgIpc) is 2.76. The van der Waals surface area contributed by atoms with Crippen LogP contribution < -0.4 is 0 Å². The normalized spacial score (nSPS) is 20.4. The van der Waals surface area contributed by atoms with Crippen LogP contribution in [-0.4, -0.2) is 12.4 Å². The maximum atomic E-state index is 11.8. The molecule has 0 spiro atoms. The highest BCUT2D eigenvalue weighted by Gasteiger charge is 2.23.